The molecule has 92 valence electrons. The van der Waals surface area contributed by atoms with Crippen LogP contribution in [0, 0.1) is 23.2 Å². The molecule has 0 spiro atoms. The van der Waals surface area contributed by atoms with Crippen LogP contribution in [0.3, 0.4) is 0 Å². The predicted molar refractivity (Wildman–Crippen MR) is 68.2 cm³/mol. The minimum absolute atomic E-state index is 0.00539. The molecule has 0 saturated heterocycles. The van der Waals surface area contributed by atoms with Gasteiger partial charge in [-0.3, -0.25) is 0 Å². The number of aliphatic hydroxyl groups excluding tert-OH is 1. The Hall–Kier alpha value is -0.300. The molecule has 0 radical (unpaired) electrons. The lowest BCUT2D eigenvalue weighted by Gasteiger charge is -2.53. The maximum atomic E-state index is 10.7. The van der Waals surface area contributed by atoms with Crippen molar-refractivity contribution >= 4 is 0 Å². The number of aliphatic hydroxyl groups is 1. The van der Waals surface area contributed by atoms with Gasteiger partial charge in [0.1, 0.15) is 0 Å². The van der Waals surface area contributed by atoms with Crippen molar-refractivity contribution in [3.05, 3.63) is 12.2 Å². The van der Waals surface area contributed by atoms with E-state index in [0.717, 1.165) is 6.42 Å². The molecule has 4 atom stereocenters. The van der Waals surface area contributed by atoms with E-state index in [0.29, 0.717) is 17.8 Å². The fourth-order valence-electron chi connectivity index (χ4n) is 4.01. The molecule has 0 heterocycles. The minimum atomic E-state index is -0.168. The smallest absolute Gasteiger partial charge is 0.0663 e. The summed E-state index contributed by atoms with van der Waals surface area (Å²) in [6, 6.07) is 0. The van der Waals surface area contributed by atoms with Crippen LogP contribution in [0.4, 0.5) is 0 Å². The Labute approximate surface area is 99.9 Å². The van der Waals surface area contributed by atoms with Crippen LogP contribution >= 0.6 is 0 Å². The summed E-state index contributed by atoms with van der Waals surface area (Å²) in [5, 5.41) is 10.7. The number of hydrogen-bond donors (Lipinski definition) is 1. The van der Waals surface area contributed by atoms with Gasteiger partial charge in [0.2, 0.25) is 0 Å². The summed E-state index contributed by atoms with van der Waals surface area (Å²) >= 11 is 0. The van der Waals surface area contributed by atoms with Crippen molar-refractivity contribution in [2.24, 2.45) is 23.2 Å². The topological polar surface area (TPSA) is 20.2 Å². The highest BCUT2D eigenvalue weighted by Crippen LogP contribution is 2.55. The first-order chi connectivity index (χ1) is 7.48. The molecule has 0 aromatic carbocycles. The van der Waals surface area contributed by atoms with Crippen LogP contribution in [-0.4, -0.2) is 11.2 Å². The minimum Gasteiger partial charge on any atom is -0.392 e. The van der Waals surface area contributed by atoms with Gasteiger partial charge in [0.15, 0.2) is 0 Å². The zero-order valence-corrected chi connectivity index (χ0v) is 11.0. The zero-order chi connectivity index (χ0) is 11.9. The molecule has 1 N–H and O–H groups in total. The van der Waals surface area contributed by atoms with Gasteiger partial charge in [-0.25, -0.2) is 0 Å². The summed E-state index contributed by atoms with van der Waals surface area (Å²) in [5.41, 5.74) is 1.31. The third kappa shape index (κ3) is 1.64. The third-order valence-corrected chi connectivity index (χ3v) is 5.37. The summed E-state index contributed by atoms with van der Waals surface area (Å²) in [4.78, 5) is 0. The Morgan fingerprint density at radius 1 is 1.31 bits per heavy atom. The SMILES string of the molecule is C=C1CCC[C@H]2CC[C@@H](C(C)C)[C@H](O)[C@@]12C. The molecule has 0 unspecified atom stereocenters. The first kappa shape index (κ1) is 12.2. The van der Waals surface area contributed by atoms with Gasteiger partial charge in [-0.05, 0) is 49.9 Å². The molecule has 1 heteroatoms. The number of fused-ring (bicyclic) bond motifs is 1. The summed E-state index contributed by atoms with van der Waals surface area (Å²) in [7, 11) is 0. The van der Waals surface area contributed by atoms with E-state index < -0.39 is 0 Å². The summed E-state index contributed by atoms with van der Waals surface area (Å²) in [6.07, 6.45) is 6.01. The number of hydrogen-bond acceptors (Lipinski definition) is 1. The molecule has 0 aliphatic heterocycles. The molecule has 2 fully saturated rings. The Morgan fingerprint density at radius 3 is 2.62 bits per heavy atom. The maximum absolute atomic E-state index is 10.7. The average molecular weight is 222 g/mol. The van der Waals surface area contributed by atoms with E-state index >= 15 is 0 Å². The van der Waals surface area contributed by atoms with Crippen LogP contribution in [0.25, 0.3) is 0 Å². The van der Waals surface area contributed by atoms with E-state index in [9.17, 15) is 5.11 Å². The highest BCUT2D eigenvalue weighted by atomic mass is 16.3. The number of rotatable bonds is 1. The lowest BCUT2D eigenvalue weighted by Crippen LogP contribution is -2.51. The monoisotopic (exact) mass is 222 g/mol. The fraction of sp³-hybridized carbons (Fsp3) is 0.867. The fourth-order valence-corrected chi connectivity index (χ4v) is 4.01. The van der Waals surface area contributed by atoms with Crippen LogP contribution in [0.5, 0.6) is 0 Å². The van der Waals surface area contributed by atoms with E-state index in [1.165, 1.54) is 31.3 Å². The first-order valence-electron chi connectivity index (χ1n) is 6.84. The van der Waals surface area contributed by atoms with Crippen molar-refractivity contribution in [2.75, 3.05) is 0 Å². The molecule has 16 heavy (non-hydrogen) atoms. The molecular weight excluding hydrogens is 196 g/mol. The molecule has 2 aliphatic rings. The van der Waals surface area contributed by atoms with Gasteiger partial charge < -0.3 is 5.11 Å². The van der Waals surface area contributed by atoms with E-state index in [1.54, 1.807) is 0 Å². The molecule has 0 bridgehead atoms. The van der Waals surface area contributed by atoms with Crippen LogP contribution in [0.1, 0.15) is 52.9 Å². The lowest BCUT2D eigenvalue weighted by atomic mass is 9.53. The van der Waals surface area contributed by atoms with Gasteiger partial charge in [0, 0.05) is 5.41 Å². The molecule has 2 saturated carbocycles. The van der Waals surface area contributed by atoms with Crippen molar-refractivity contribution in [1.29, 1.82) is 0 Å². The van der Waals surface area contributed by atoms with Crippen molar-refractivity contribution in [2.45, 2.75) is 59.0 Å². The second-order valence-electron chi connectivity index (χ2n) is 6.41. The van der Waals surface area contributed by atoms with Crippen LogP contribution < -0.4 is 0 Å². The van der Waals surface area contributed by atoms with Gasteiger partial charge in [0.25, 0.3) is 0 Å². The highest BCUT2D eigenvalue weighted by Gasteiger charge is 2.50. The van der Waals surface area contributed by atoms with Gasteiger partial charge in [-0.15, -0.1) is 0 Å². The highest BCUT2D eigenvalue weighted by molar-refractivity contribution is 5.19. The van der Waals surface area contributed by atoms with E-state index in [-0.39, 0.29) is 11.5 Å². The predicted octanol–water partition coefficient (Wildman–Crippen LogP) is 3.78. The summed E-state index contributed by atoms with van der Waals surface area (Å²) in [6.45, 7) is 11.0. The van der Waals surface area contributed by atoms with Crippen LogP contribution in [-0.2, 0) is 0 Å². The second kappa shape index (κ2) is 4.18. The maximum Gasteiger partial charge on any atom is 0.0663 e. The molecule has 0 amide bonds. The first-order valence-corrected chi connectivity index (χ1v) is 6.84. The van der Waals surface area contributed by atoms with E-state index in [2.05, 4.69) is 27.4 Å². The summed E-state index contributed by atoms with van der Waals surface area (Å²) in [5.74, 6) is 1.73. The van der Waals surface area contributed by atoms with Gasteiger partial charge in [-0.1, -0.05) is 32.9 Å². The average Bonchev–Trinajstić information content (AvgIpc) is 2.22. The van der Waals surface area contributed by atoms with Gasteiger partial charge in [-0.2, -0.15) is 0 Å². The second-order valence-corrected chi connectivity index (χ2v) is 6.41. The van der Waals surface area contributed by atoms with Crippen molar-refractivity contribution in [1.82, 2.24) is 0 Å². The molecule has 2 rings (SSSR count). The molecule has 0 aromatic rings. The lowest BCUT2D eigenvalue weighted by molar-refractivity contribution is -0.0826. The van der Waals surface area contributed by atoms with Gasteiger partial charge in [0.05, 0.1) is 6.10 Å². The molecule has 0 aromatic heterocycles. The third-order valence-electron chi connectivity index (χ3n) is 5.37. The van der Waals surface area contributed by atoms with Crippen LogP contribution in [0.2, 0.25) is 0 Å². The normalized spacial score (nSPS) is 44.6. The van der Waals surface area contributed by atoms with Crippen molar-refractivity contribution in [3.8, 4) is 0 Å². The molecule has 2 aliphatic carbocycles. The van der Waals surface area contributed by atoms with Crippen LogP contribution in [0.15, 0.2) is 12.2 Å². The largest absolute Gasteiger partial charge is 0.392 e. The Balaban J connectivity index is 2.27. The van der Waals surface area contributed by atoms with Crippen molar-refractivity contribution in [3.63, 3.8) is 0 Å². The Bertz CT molecular complexity index is 281. The van der Waals surface area contributed by atoms with E-state index in [1.807, 2.05) is 0 Å². The van der Waals surface area contributed by atoms with E-state index in [4.69, 9.17) is 0 Å². The zero-order valence-electron chi connectivity index (χ0n) is 11.0. The summed E-state index contributed by atoms with van der Waals surface area (Å²) < 4.78 is 0. The van der Waals surface area contributed by atoms with Crippen molar-refractivity contribution < 1.29 is 5.11 Å². The standard InChI is InChI=1S/C15H26O/c1-10(2)13-9-8-12-7-5-6-11(3)15(12,4)14(13)16/h10,12-14,16H,3,5-9H2,1-2,4H3/t12-,13-,14-,15-/m0/s1. The van der Waals surface area contributed by atoms with Gasteiger partial charge >= 0.3 is 0 Å². The Kier molecular flexibility index (Phi) is 3.18. The molecule has 1 nitrogen and oxygen atoms in total. The Morgan fingerprint density at radius 2 is 2.00 bits per heavy atom. The molecular formula is C15H26O. The quantitative estimate of drug-likeness (QED) is 0.669.